The molecule has 1 N–H and O–H groups in total. The van der Waals surface area contributed by atoms with E-state index in [4.69, 9.17) is 0 Å². The average Bonchev–Trinajstić information content (AvgIpc) is 2.95. The first kappa shape index (κ1) is 12.8. The number of hydrogen-bond acceptors (Lipinski definition) is 3. The molecule has 0 aromatic heterocycles. The van der Waals surface area contributed by atoms with Crippen molar-refractivity contribution in [3.63, 3.8) is 0 Å². The first-order valence-electron chi connectivity index (χ1n) is 6.84. The fraction of sp³-hybridized carbons (Fsp3) is 0.312. The third kappa shape index (κ3) is 2.54. The third-order valence-electron chi connectivity index (χ3n) is 3.79. The minimum Gasteiger partial charge on any atom is -0.453 e. The van der Waals surface area contributed by atoms with Crippen LogP contribution in [0.5, 0.6) is 0 Å². The Hall–Kier alpha value is -2.23. The van der Waals surface area contributed by atoms with Crippen molar-refractivity contribution in [3.05, 3.63) is 42.5 Å². The smallest absolute Gasteiger partial charge is 0.407 e. The second-order valence-corrected chi connectivity index (χ2v) is 5.10. The summed E-state index contributed by atoms with van der Waals surface area (Å²) in [5.41, 5.74) is 1.21. The van der Waals surface area contributed by atoms with Crippen LogP contribution in [-0.2, 0) is 4.74 Å². The van der Waals surface area contributed by atoms with Gasteiger partial charge < -0.3 is 15.0 Å². The van der Waals surface area contributed by atoms with Crippen molar-refractivity contribution in [2.24, 2.45) is 0 Å². The van der Waals surface area contributed by atoms with Gasteiger partial charge in [-0.1, -0.05) is 30.3 Å². The fourth-order valence-corrected chi connectivity index (χ4v) is 2.71. The Morgan fingerprint density at radius 2 is 2.05 bits per heavy atom. The van der Waals surface area contributed by atoms with Crippen LogP contribution in [-0.4, -0.2) is 32.3 Å². The molecule has 1 unspecified atom stereocenters. The van der Waals surface area contributed by atoms with Gasteiger partial charge in [-0.15, -0.1) is 0 Å². The number of carbonyl (C=O) groups excluding carboxylic acids is 1. The topological polar surface area (TPSA) is 41.6 Å². The highest BCUT2D eigenvalue weighted by molar-refractivity contribution is 5.85. The Morgan fingerprint density at radius 1 is 1.25 bits per heavy atom. The Bertz CT molecular complexity index is 627. The predicted octanol–water partition coefficient (Wildman–Crippen LogP) is 2.77. The van der Waals surface area contributed by atoms with Gasteiger partial charge in [0.1, 0.15) is 0 Å². The average molecular weight is 270 g/mol. The van der Waals surface area contributed by atoms with E-state index in [0.29, 0.717) is 0 Å². The Morgan fingerprint density at radius 3 is 2.85 bits per heavy atom. The summed E-state index contributed by atoms with van der Waals surface area (Å²) in [5, 5.41) is 5.36. The number of anilines is 1. The van der Waals surface area contributed by atoms with E-state index in [-0.39, 0.29) is 12.1 Å². The lowest BCUT2D eigenvalue weighted by atomic mass is 10.1. The van der Waals surface area contributed by atoms with Crippen LogP contribution in [0.3, 0.4) is 0 Å². The molecule has 0 aliphatic carbocycles. The van der Waals surface area contributed by atoms with Crippen LogP contribution in [0.25, 0.3) is 10.8 Å². The van der Waals surface area contributed by atoms with Crippen LogP contribution >= 0.6 is 0 Å². The highest BCUT2D eigenvalue weighted by atomic mass is 16.5. The molecule has 2 aromatic rings. The number of benzene rings is 2. The van der Waals surface area contributed by atoms with Crippen LogP contribution in [0, 0.1) is 0 Å². The first-order chi connectivity index (χ1) is 9.76. The molecule has 3 rings (SSSR count). The van der Waals surface area contributed by atoms with E-state index in [1.54, 1.807) is 0 Å². The summed E-state index contributed by atoms with van der Waals surface area (Å²) in [6.45, 7) is 1.78. The molecule has 104 valence electrons. The lowest BCUT2D eigenvalue weighted by molar-refractivity contribution is 0.167. The van der Waals surface area contributed by atoms with Crippen LogP contribution in [0.1, 0.15) is 6.42 Å². The number of carbonyl (C=O) groups is 1. The Kier molecular flexibility index (Phi) is 3.46. The largest absolute Gasteiger partial charge is 0.453 e. The summed E-state index contributed by atoms with van der Waals surface area (Å²) in [5.74, 6) is 0. The highest BCUT2D eigenvalue weighted by Gasteiger charge is 2.24. The molecule has 1 fully saturated rings. The van der Waals surface area contributed by atoms with Gasteiger partial charge in [0.25, 0.3) is 0 Å². The molecule has 1 saturated heterocycles. The van der Waals surface area contributed by atoms with E-state index in [1.807, 2.05) is 6.07 Å². The second kappa shape index (κ2) is 5.41. The maximum atomic E-state index is 11.2. The van der Waals surface area contributed by atoms with Crippen LogP contribution in [0.2, 0.25) is 0 Å². The van der Waals surface area contributed by atoms with Crippen LogP contribution in [0.15, 0.2) is 42.5 Å². The standard InChI is InChI=1S/C16H18N2O2/c1-20-16(19)17-14-8-9-18(11-14)15-7-6-12-4-2-3-5-13(12)10-15/h2-7,10,14H,8-9,11H2,1H3,(H,17,19). The molecular formula is C16H18N2O2. The molecule has 1 heterocycles. The number of alkyl carbamates (subject to hydrolysis) is 1. The minimum atomic E-state index is -0.352. The third-order valence-corrected chi connectivity index (χ3v) is 3.79. The van der Waals surface area contributed by atoms with Crippen molar-refractivity contribution in [2.75, 3.05) is 25.1 Å². The number of nitrogens with zero attached hydrogens (tertiary/aromatic N) is 1. The van der Waals surface area contributed by atoms with Gasteiger partial charge in [-0.05, 0) is 29.3 Å². The molecule has 0 bridgehead atoms. The summed E-state index contributed by atoms with van der Waals surface area (Å²) in [6, 6.07) is 15.0. The van der Waals surface area contributed by atoms with E-state index >= 15 is 0 Å². The van der Waals surface area contributed by atoms with Gasteiger partial charge in [-0.2, -0.15) is 0 Å². The summed E-state index contributed by atoms with van der Waals surface area (Å²) >= 11 is 0. The van der Waals surface area contributed by atoms with Gasteiger partial charge in [0, 0.05) is 18.8 Å². The molecule has 1 amide bonds. The number of ether oxygens (including phenoxy) is 1. The molecule has 4 nitrogen and oxygen atoms in total. The molecule has 1 aliphatic rings. The van der Waals surface area contributed by atoms with Crippen molar-refractivity contribution >= 4 is 22.6 Å². The monoisotopic (exact) mass is 270 g/mol. The van der Waals surface area contributed by atoms with Crippen molar-refractivity contribution in [3.8, 4) is 0 Å². The molecule has 0 radical (unpaired) electrons. The lowest BCUT2D eigenvalue weighted by Crippen LogP contribution is -2.36. The zero-order valence-electron chi connectivity index (χ0n) is 11.5. The quantitative estimate of drug-likeness (QED) is 0.912. The predicted molar refractivity (Wildman–Crippen MR) is 80.1 cm³/mol. The van der Waals surface area contributed by atoms with Crippen LogP contribution in [0.4, 0.5) is 10.5 Å². The number of hydrogen-bond donors (Lipinski definition) is 1. The van der Waals surface area contributed by atoms with E-state index in [9.17, 15) is 4.79 Å². The summed E-state index contributed by atoms with van der Waals surface area (Å²) in [7, 11) is 1.39. The Balaban J connectivity index is 1.74. The zero-order valence-corrected chi connectivity index (χ0v) is 11.5. The number of amides is 1. The normalized spacial score (nSPS) is 18.2. The number of nitrogens with one attached hydrogen (secondary N) is 1. The SMILES string of the molecule is COC(=O)NC1CCN(c2ccc3ccccc3c2)C1. The van der Waals surface area contributed by atoms with Gasteiger partial charge in [0.05, 0.1) is 13.2 Å². The molecule has 20 heavy (non-hydrogen) atoms. The number of fused-ring (bicyclic) bond motifs is 1. The molecule has 1 atom stereocenters. The van der Waals surface area contributed by atoms with Crippen molar-refractivity contribution in [1.82, 2.24) is 5.32 Å². The van der Waals surface area contributed by atoms with Gasteiger partial charge in [-0.25, -0.2) is 4.79 Å². The maximum Gasteiger partial charge on any atom is 0.407 e. The van der Waals surface area contributed by atoms with Gasteiger partial charge in [0.2, 0.25) is 0 Å². The maximum absolute atomic E-state index is 11.2. The molecule has 4 heteroatoms. The highest BCUT2D eigenvalue weighted by Crippen LogP contribution is 2.25. The van der Waals surface area contributed by atoms with Gasteiger partial charge >= 0.3 is 6.09 Å². The van der Waals surface area contributed by atoms with Crippen molar-refractivity contribution in [2.45, 2.75) is 12.5 Å². The summed E-state index contributed by atoms with van der Waals surface area (Å²) in [6.07, 6.45) is 0.595. The molecule has 0 spiro atoms. The molecule has 1 aliphatic heterocycles. The van der Waals surface area contributed by atoms with Crippen molar-refractivity contribution in [1.29, 1.82) is 0 Å². The number of methoxy groups -OCH3 is 1. The van der Waals surface area contributed by atoms with E-state index in [2.05, 4.69) is 51.4 Å². The second-order valence-electron chi connectivity index (χ2n) is 5.10. The van der Waals surface area contributed by atoms with Gasteiger partial charge in [0.15, 0.2) is 0 Å². The molecule has 0 saturated carbocycles. The lowest BCUT2D eigenvalue weighted by Gasteiger charge is -2.19. The fourth-order valence-electron chi connectivity index (χ4n) is 2.71. The minimum absolute atomic E-state index is 0.161. The summed E-state index contributed by atoms with van der Waals surface area (Å²) in [4.78, 5) is 13.5. The zero-order chi connectivity index (χ0) is 13.9. The van der Waals surface area contributed by atoms with Crippen molar-refractivity contribution < 1.29 is 9.53 Å². The van der Waals surface area contributed by atoms with Crippen LogP contribution < -0.4 is 10.2 Å². The van der Waals surface area contributed by atoms with E-state index in [1.165, 1.54) is 23.6 Å². The molecular weight excluding hydrogens is 252 g/mol. The molecule has 2 aromatic carbocycles. The first-order valence-corrected chi connectivity index (χ1v) is 6.84. The van der Waals surface area contributed by atoms with E-state index in [0.717, 1.165) is 19.5 Å². The number of rotatable bonds is 2. The van der Waals surface area contributed by atoms with Gasteiger partial charge in [-0.3, -0.25) is 0 Å². The Labute approximate surface area is 118 Å². The summed E-state index contributed by atoms with van der Waals surface area (Å²) < 4.78 is 4.64. The van der Waals surface area contributed by atoms with E-state index < -0.39 is 0 Å².